The van der Waals surface area contributed by atoms with Crippen molar-refractivity contribution in [3.8, 4) is 11.1 Å². The van der Waals surface area contributed by atoms with Crippen LogP contribution >= 0.6 is 23.1 Å². The van der Waals surface area contributed by atoms with Crippen molar-refractivity contribution in [3.05, 3.63) is 64.8 Å². The summed E-state index contributed by atoms with van der Waals surface area (Å²) in [7, 11) is -3.83. The summed E-state index contributed by atoms with van der Waals surface area (Å²) in [5.41, 5.74) is 8.68. The molecule has 6 N–H and O–H groups in total. The molecule has 14 heteroatoms. The number of hydrogen-bond donors (Lipinski definition) is 5. The highest BCUT2D eigenvalue weighted by Gasteiger charge is 2.25. The Morgan fingerprint density at radius 2 is 2.00 bits per heavy atom. The molecule has 0 spiro atoms. The van der Waals surface area contributed by atoms with Gasteiger partial charge >= 0.3 is 6.03 Å². The zero-order valence-corrected chi connectivity index (χ0v) is 23.8. The predicted octanol–water partition coefficient (Wildman–Crippen LogP) is 4.22. The van der Waals surface area contributed by atoms with E-state index < -0.39 is 9.84 Å². The van der Waals surface area contributed by atoms with Crippen molar-refractivity contribution in [2.24, 2.45) is 5.73 Å². The van der Waals surface area contributed by atoms with E-state index in [1.54, 1.807) is 30.5 Å². The van der Waals surface area contributed by atoms with Gasteiger partial charge in [-0.3, -0.25) is 5.41 Å². The second-order valence-electron chi connectivity index (χ2n) is 8.61. The fraction of sp³-hybridized carbons (Fsp3) is 0.240. The number of nitrogens with one attached hydrogen (secondary N) is 4. The Labute approximate surface area is 234 Å². The normalized spacial score (nSPS) is 11.3. The molecule has 0 atom stereocenters. The Bertz CT molecular complexity index is 1580. The minimum Gasteiger partial charge on any atom is -0.383 e. The molecule has 11 nitrogen and oxygen atoms in total. The average molecular weight is 585 g/mol. The zero-order chi connectivity index (χ0) is 28.0. The number of thiophene rings is 1. The van der Waals surface area contributed by atoms with Gasteiger partial charge in [0.25, 0.3) is 0 Å². The number of amidine groups is 1. The van der Waals surface area contributed by atoms with Crippen LogP contribution in [0.4, 0.5) is 10.5 Å². The van der Waals surface area contributed by atoms with Gasteiger partial charge in [0.05, 0.1) is 18.9 Å². The number of nitrogens with zero attached hydrogens (tertiary/aromatic N) is 3. The van der Waals surface area contributed by atoms with Gasteiger partial charge < -0.3 is 16.4 Å². The molecular weight excluding hydrogens is 557 g/mol. The average Bonchev–Trinajstić information content (AvgIpc) is 3.59. The Balaban J connectivity index is 1.43. The summed E-state index contributed by atoms with van der Waals surface area (Å²) in [5, 5.41) is 27.1. The van der Waals surface area contributed by atoms with Gasteiger partial charge in [0.2, 0.25) is 9.84 Å². The number of tetrazole rings is 1. The largest absolute Gasteiger partial charge is 0.383 e. The van der Waals surface area contributed by atoms with Crippen LogP contribution in [-0.4, -0.2) is 53.7 Å². The molecule has 2 heterocycles. The highest BCUT2D eigenvalue weighted by atomic mass is 32.2. The van der Waals surface area contributed by atoms with E-state index >= 15 is 0 Å². The lowest BCUT2D eigenvalue weighted by atomic mass is 10.00. The van der Waals surface area contributed by atoms with E-state index in [2.05, 4.69) is 31.3 Å². The molecule has 0 bridgehead atoms. The lowest BCUT2D eigenvalue weighted by Gasteiger charge is -2.12. The number of carbonyl (C=O) groups excluding carboxylic acids is 1. The monoisotopic (exact) mass is 584 g/mol. The number of anilines is 1. The van der Waals surface area contributed by atoms with Crippen LogP contribution in [0.5, 0.6) is 0 Å². The van der Waals surface area contributed by atoms with Crippen LogP contribution in [0.25, 0.3) is 11.1 Å². The maximum Gasteiger partial charge on any atom is 0.319 e. The molecule has 2 aromatic carbocycles. The van der Waals surface area contributed by atoms with E-state index in [9.17, 15) is 13.2 Å². The Morgan fingerprint density at radius 3 is 2.69 bits per heavy atom. The van der Waals surface area contributed by atoms with Crippen LogP contribution in [-0.2, 0) is 16.3 Å². The number of urea groups is 1. The third-order valence-electron chi connectivity index (χ3n) is 5.85. The molecule has 4 aromatic rings. The third-order valence-corrected chi connectivity index (χ3v) is 10.2. The smallest absolute Gasteiger partial charge is 0.319 e. The van der Waals surface area contributed by atoms with E-state index in [1.807, 2.05) is 25.1 Å². The van der Waals surface area contributed by atoms with Crippen molar-refractivity contribution in [1.82, 2.24) is 25.9 Å². The molecule has 0 unspecified atom stereocenters. The first-order valence-electron chi connectivity index (χ1n) is 11.9. The van der Waals surface area contributed by atoms with Gasteiger partial charge in [-0.2, -0.15) is 5.21 Å². The van der Waals surface area contributed by atoms with Gasteiger partial charge in [0, 0.05) is 18.7 Å². The number of benzene rings is 2. The summed E-state index contributed by atoms with van der Waals surface area (Å²) in [5.74, 6) is 0.487. The number of carbonyl (C=O) groups is 1. The standard InChI is InChI=1S/C25H28N8O3S3/c1-15-12-17(29-25(34)28-11-4-3-8-22-30-32-33-31-22)9-10-19(15)16-6-5-7-18(13-16)39(35,36)21-14-20(23(26)27)38-24(21)37-2/h5-7,9-10,12-14H,3-4,8,11H2,1-2H3,(H3,26,27)(H2,28,29,34)(H,30,31,32,33). The van der Waals surface area contributed by atoms with Crippen molar-refractivity contribution in [2.75, 3.05) is 18.1 Å². The number of nitrogen functional groups attached to an aromatic ring is 1. The summed E-state index contributed by atoms with van der Waals surface area (Å²) in [6.45, 7) is 2.42. The number of sulfone groups is 1. The molecule has 39 heavy (non-hydrogen) atoms. The zero-order valence-electron chi connectivity index (χ0n) is 21.3. The molecule has 0 aliphatic rings. The lowest BCUT2D eigenvalue weighted by molar-refractivity contribution is 0.252. The van der Waals surface area contributed by atoms with Crippen LogP contribution < -0.4 is 16.4 Å². The van der Waals surface area contributed by atoms with Crippen molar-refractivity contribution < 1.29 is 13.2 Å². The number of aromatic amines is 1. The first kappa shape index (κ1) is 28.3. The van der Waals surface area contributed by atoms with Gasteiger partial charge in [0.15, 0.2) is 5.82 Å². The quantitative estimate of drug-likeness (QED) is 0.0752. The van der Waals surface area contributed by atoms with Gasteiger partial charge in [0.1, 0.15) is 5.84 Å². The summed E-state index contributed by atoms with van der Waals surface area (Å²) in [6.07, 6.45) is 4.08. The van der Waals surface area contributed by atoms with Crippen LogP contribution in [0.1, 0.15) is 29.1 Å². The number of hydrogen-bond acceptors (Lipinski definition) is 9. The molecule has 0 aliphatic carbocycles. The van der Waals surface area contributed by atoms with Gasteiger partial charge in [-0.15, -0.1) is 33.3 Å². The molecule has 0 radical (unpaired) electrons. The van der Waals surface area contributed by atoms with E-state index in [0.717, 1.165) is 29.5 Å². The van der Waals surface area contributed by atoms with Crippen molar-refractivity contribution in [1.29, 1.82) is 5.41 Å². The fourth-order valence-corrected chi connectivity index (χ4v) is 7.82. The summed E-state index contributed by atoms with van der Waals surface area (Å²) in [6, 6.07) is 13.4. The van der Waals surface area contributed by atoms with Crippen molar-refractivity contribution in [2.45, 2.75) is 40.2 Å². The van der Waals surface area contributed by atoms with E-state index in [-0.39, 0.29) is 21.7 Å². The number of nitrogens with two attached hydrogens (primary N) is 1. The van der Waals surface area contributed by atoms with E-state index in [0.29, 0.717) is 33.6 Å². The third kappa shape index (κ3) is 6.82. The molecule has 0 saturated carbocycles. The van der Waals surface area contributed by atoms with Gasteiger partial charge in [-0.1, -0.05) is 23.4 Å². The van der Waals surface area contributed by atoms with E-state index in [4.69, 9.17) is 11.1 Å². The van der Waals surface area contributed by atoms with Crippen molar-refractivity contribution in [3.63, 3.8) is 0 Å². The molecule has 2 aromatic heterocycles. The fourth-order valence-electron chi connectivity index (χ4n) is 3.92. The molecule has 2 amide bonds. The maximum atomic E-state index is 13.5. The second kappa shape index (κ2) is 12.4. The molecule has 0 fully saturated rings. The Hall–Kier alpha value is -3.75. The number of H-pyrrole nitrogens is 1. The minimum absolute atomic E-state index is 0.152. The summed E-state index contributed by atoms with van der Waals surface area (Å²) >= 11 is 2.50. The Kier molecular flexibility index (Phi) is 8.99. The number of amides is 2. The summed E-state index contributed by atoms with van der Waals surface area (Å²) in [4.78, 5) is 13.0. The number of rotatable bonds is 11. The highest BCUT2D eigenvalue weighted by Crippen LogP contribution is 2.38. The molecule has 0 aliphatic heterocycles. The van der Waals surface area contributed by atoms with Crippen LogP contribution in [0.2, 0.25) is 0 Å². The van der Waals surface area contributed by atoms with Crippen LogP contribution in [0.3, 0.4) is 0 Å². The van der Waals surface area contributed by atoms with Gasteiger partial charge in [-0.05, 0) is 73.0 Å². The first-order valence-corrected chi connectivity index (χ1v) is 15.5. The molecule has 204 valence electrons. The number of unbranched alkanes of at least 4 members (excludes halogenated alkanes) is 1. The topological polar surface area (TPSA) is 180 Å². The molecule has 4 rings (SSSR count). The second-order valence-corrected chi connectivity index (χ2v) is 12.7. The molecule has 0 saturated heterocycles. The Morgan fingerprint density at radius 1 is 1.18 bits per heavy atom. The maximum absolute atomic E-state index is 13.5. The minimum atomic E-state index is -3.83. The highest BCUT2D eigenvalue weighted by molar-refractivity contribution is 8.01. The number of thioether (sulfide) groups is 1. The number of aryl methyl sites for hydroxylation is 2. The number of aromatic nitrogens is 4. The van der Waals surface area contributed by atoms with Crippen LogP contribution in [0.15, 0.2) is 62.5 Å². The van der Waals surface area contributed by atoms with Crippen molar-refractivity contribution >= 4 is 50.5 Å². The van der Waals surface area contributed by atoms with Gasteiger partial charge in [-0.25, -0.2) is 13.2 Å². The predicted molar refractivity (Wildman–Crippen MR) is 153 cm³/mol. The molecular formula is C25H28N8O3S3. The first-order chi connectivity index (χ1) is 18.7. The SMILES string of the molecule is CSc1sc(C(=N)N)cc1S(=O)(=O)c1cccc(-c2ccc(NC(=O)NCCCCc3nn[nH]n3)cc2C)c1. The lowest BCUT2D eigenvalue weighted by Crippen LogP contribution is -2.29. The summed E-state index contributed by atoms with van der Waals surface area (Å²) < 4.78 is 27.6. The van der Waals surface area contributed by atoms with Crippen LogP contribution in [0, 0.1) is 12.3 Å². The van der Waals surface area contributed by atoms with E-state index in [1.165, 1.54) is 29.2 Å².